The predicted molar refractivity (Wildman–Crippen MR) is 137 cm³/mol. The molecule has 0 aliphatic heterocycles. The smallest absolute Gasteiger partial charge is 0.349 e. The molecule has 0 saturated heterocycles. The van der Waals surface area contributed by atoms with Crippen LogP contribution in [0.5, 0.6) is 0 Å². The minimum atomic E-state index is -1.12. The zero-order valence-electron chi connectivity index (χ0n) is 20.6. The second kappa shape index (κ2) is 15.5. The number of aromatic nitrogens is 2. The molecule has 0 saturated carbocycles. The average Bonchev–Trinajstić information content (AvgIpc) is 3.21. The van der Waals surface area contributed by atoms with Crippen molar-refractivity contribution in [1.82, 2.24) is 9.55 Å². The summed E-state index contributed by atoms with van der Waals surface area (Å²) < 4.78 is 6.73. The summed E-state index contributed by atoms with van der Waals surface area (Å²) in [7, 11) is 1.26. The number of ether oxygens (including phenoxy) is 1. The summed E-state index contributed by atoms with van der Waals surface area (Å²) >= 11 is 12.2. The van der Waals surface area contributed by atoms with Gasteiger partial charge in [0.1, 0.15) is 5.71 Å². The molecule has 1 N–H and O–H groups in total. The number of carbonyl (C=O) groups excluding carboxylic acids is 1. The van der Waals surface area contributed by atoms with E-state index in [4.69, 9.17) is 27.9 Å². The van der Waals surface area contributed by atoms with Gasteiger partial charge in [0.2, 0.25) is 0 Å². The molecule has 0 bridgehead atoms. The summed E-state index contributed by atoms with van der Waals surface area (Å²) in [6.45, 7) is 8.69. The number of aliphatic imine (C=N–C) groups is 1. The fourth-order valence-electron chi connectivity index (χ4n) is 3.34. The Hall–Kier alpha value is -2.38. The van der Waals surface area contributed by atoms with Crippen molar-refractivity contribution < 1.29 is 19.4 Å². The van der Waals surface area contributed by atoms with Crippen LogP contribution in [0.25, 0.3) is 0 Å². The van der Waals surface area contributed by atoms with E-state index in [0.29, 0.717) is 41.0 Å². The van der Waals surface area contributed by atoms with Gasteiger partial charge in [-0.1, -0.05) is 63.7 Å². The predicted octanol–water partition coefficient (Wildman–Crippen LogP) is 6.09. The molecule has 7 nitrogen and oxygen atoms in total. The molecule has 0 aliphatic carbocycles. The highest BCUT2D eigenvalue weighted by molar-refractivity contribution is 6.36. The number of methoxy groups -OCH3 is 1. The van der Waals surface area contributed by atoms with E-state index in [0.717, 1.165) is 18.4 Å². The Labute approximate surface area is 212 Å². The molecule has 1 atom stereocenters. The third kappa shape index (κ3) is 10.3. The van der Waals surface area contributed by atoms with Crippen molar-refractivity contribution in [3.8, 4) is 0 Å². The number of halogens is 2. The van der Waals surface area contributed by atoms with Gasteiger partial charge in [0.05, 0.1) is 13.4 Å². The van der Waals surface area contributed by atoms with Crippen LogP contribution in [0.15, 0.2) is 35.7 Å². The van der Waals surface area contributed by atoms with Crippen LogP contribution in [-0.4, -0.2) is 45.5 Å². The third-order valence-corrected chi connectivity index (χ3v) is 5.39. The first-order valence-electron chi connectivity index (χ1n) is 11.5. The highest BCUT2D eigenvalue weighted by Gasteiger charge is 2.23. The van der Waals surface area contributed by atoms with Crippen molar-refractivity contribution in [2.24, 2.45) is 10.9 Å². The van der Waals surface area contributed by atoms with Gasteiger partial charge < -0.3 is 14.4 Å². The topological polar surface area (TPSA) is 93.8 Å². The number of aliphatic carboxylic acids is 1. The Bertz CT molecular complexity index is 937. The third-order valence-electron chi connectivity index (χ3n) is 4.95. The summed E-state index contributed by atoms with van der Waals surface area (Å²) in [5.74, 6) is -1.16. The van der Waals surface area contributed by atoms with Crippen LogP contribution in [0, 0.1) is 5.92 Å². The van der Waals surface area contributed by atoms with Crippen molar-refractivity contribution >= 4 is 40.9 Å². The van der Waals surface area contributed by atoms with E-state index in [1.807, 2.05) is 18.4 Å². The Balaban J connectivity index is 0.00000281. The number of carboxylic acid groups (broad SMARTS) is 1. The fourth-order valence-corrected chi connectivity index (χ4v) is 3.91. The highest BCUT2D eigenvalue weighted by Crippen LogP contribution is 2.21. The Morgan fingerprint density at radius 1 is 1.15 bits per heavy atom. The molecule has 188 valence electrons. The number of rotatable bonds is 12. The number of benzene rings is 1. The molecule has 0 fully saturated rings. The maximum atomic E-state index is 12.4. The number of esters is 1. The summed E-state index contributed by atoms with van der Waals surface area (Å²) in [6, 6.07) is 4.27. The standard InChI is InChI=1S/C23H29Cl2N3O4.C2H6/c1-15(2)6-4-5-7-20(22(29)30)27-21(23(31)32-3)11-19-12-26-14-28(19)13-16-8-17(24)10-18(25)9-16;1-2/h8-10,12,14-15,21H,4-7,11,13H2,1-3H3,(H,29,30);1-2H3/t21-;/m0./s1. The molecule has 1 aromatic carbocycles. The molecule has 1 aromatic heterocycles. The lowest BCUT2D eigenvalue weighted by Crippen LogP contribution is -2.27. The van der Waals surface area contributed by atoms with Crippen molar-refractivity contribution in [3.05, 3.63) is 52.0 Å². The van der Waals surface area contributed by atoms with Crippen LogP contribution in [0.4, 0.5) is 0 Å². The average molecular weight is 512 g/mol. The number of hydrogen-bond donors (Lipinski definition) is 1. The maximum absolute atomic E-state index is 12.4. The van der Waals surface area contributed by atoms with Gasteiger partial charge in [0.15, 0.2) is 6.04 Å². The first-order chi connectivity index (χ1) is 16.2. The van der Waals surface area contributed by atoms with Gasteiger partial charge in [0.25, 0.3) is 0 Å². The Kier molecular flexibility index (Phi) is 13.5. The minimum absolute atomic E-state index is 0.0168. The molecule has 1 heterocycles. The molecule has 0 spiro atoms. The number of unbranched alkanes of at least 4 members (excludes halogenated alkanes) is 1. The first-order valence-corrected chi connectivity index (χ1v) is 12.3. The van der Waals surface area contributed by atoms with Crippen LogP contribution in [0.1, 0.15) is 64.6 Å². The molecular weight excluding hydrogens is 477 g/mol. The molecule has 0 radical (unpaired) electrons. The van der Waals surface area contributed by atoms with E-state index in [-0.39, 0.29) is 12.1 Å². The second-order valence-corrected chi connectivity index (χ2v) is 8.93. The molecule has 9 heteroatoms. The Morgan fingerprint density at radius 2 is 1.79 bits per heavy atom. The molecule has 0 aliphatic rings. The van der Waals surface area contributed by atoms with E-state index in [9.17, 15) is 14.7 Å². The van der Waals surface area contributed by atoms with Crippen LogP contribution in [0.2, 0.25) is 10.0 Å². The molecule has 2 rings (SSSR count). The number of imidazole rings is 1. The summed E-state index contributed by atoms with van der Waals surface area (Å²) in [4.78, 5) is 32.6. The van der Waals surface area contributed by atoms with E-state index in [1.165, 1.54) is 7.11 Å². The van der Waals surface area contributed by atoms with E-state index >= 15 is 0 Å². The monoisotopic (exact) mass is 511 g/mol. The van der Waals surface area contributed by atoms with Gasteiger partial charge in [-0.15, -0.1) is 0 Å². The second-order valence-electron chi connectivity index (χ2n) is 8.05. The van der Waals surface area contributed by atoms with E-state index in [1.54, 1.807) is 30.7 Å². The lowest BCUT2D eigenvalue weighted by molar-refractivity contribution is -0.142. The van der Waals surface area contributed by atoms with Gasteiger partial charge in [0, 0.05) is 34.9 Å². The van der Waals surface area contributed by atoms with Gasteiger partial charge in [-0.3, -0.25) is 4.99 Å². The highest BCUT2D eigenvalue weighted by atomic mass is 35.5. The molecule has 0 unspecified atom stereocenters. The van der Waals surface area contributed by atoms with Crippen molar-refractivity contribution in [2.45, 2.75) is 72.4 Å². The largest absolute Gasteiger partial charge is 0.477 e. The van der Waals surface area contributed by atoms with Crippen LogP contribution >= 0.6 is 23.2 Å². The number of carboxylic acids is 1. The van der Waals surface area contributed by atoms with Crippen LogP contribution in [-0.2, 0) is 27.3 Å². The van der Waals surface area contributed by atoms with Gasteiger partial charge in [-0.25, -0.2) is 14.6 Å². The summed E-state index contributed by atoms with van der Waals surface area (Å²) in [5, 5.41) is 10.6. The van der Waals surface area contributed by atoms with Crippen LogP contribution in [0.3, 0.4) is 0 Å². The summed E-state index contributed by atoms with van der Waals surface area (Å²) in [5.41, 5.74) is 1.57. The lowest BCUT2D eigenvalue weighted by Gasteiger charge is -2.14. The quantitative estimate of drug-likeness (QED) is 0.211. The summed E-state index contributed by atoms with van der Waals surface area (Å²) in [6.07, 6.45) is 6.33. The van der Waals surface area contributed by atoms with Gasteiger partial charge >= 0.3 is 11.9 Å². The van der Waals surface area contributed by atoms with E-state index in [2.05, 4.69) is 23.8 Å². The number of hydrogen-bond acceptors (Lipinski definition) is 5. The molecular formula is C25H35Cl2N3O4. The van der Waals surface area contributed by atoms with Gasteiger partial charge in [-0.05, 0) is 42.5 Å². The minimum Gasteiger partial charge on any atom is -0.477 e. The number of carbonyl (C=O) groups is 2. The van der Waals surface area contributed by atoms with Gasteiger partial charge in [-0.2, -0.15) is 0 Å². The maximum Gasteiger partial charge on any atom is 0.349 e. The zero-order chi connectivity index (χ0) is 25.7. The number of nitrogens with zero attached hydrogens (tertiary/aromatic N) is 3. The van der Waals surface area contributed by atoms with Crippen molar-refractivity contribution in [3.63, 3.8) is 0 Å². The normalized spacial score (nSPS) is 12.2. The molecule has 34 heavy (non-hydrogen) atoms. The Morgan fingerprint density at radius 3 is 2.35 bits per heavy atom. The van der Waals surface area contributed by atoms with Crippen LogP contribution < -0.4 is 0 Å². The first kappa shape index (κ1) is 29.7. The van der Waals surface area contributed by atoms with Crippen molar-refractivity contribution in [1.29, 1.82) is 0 Å². The van der Waals surface area contributed by atoms with Crippen molar-refractivity contribution in [2.75, 3.05) is 7.11 Å². The van der Waals surface area contributed by atoms with E-state index < -0.39 is 18.0 Å². The molecule has 0 amide bonds. The molecule has 2 aromatic rings. The SMILES string of the molecule is CC.COC(=O)[C@H](Cc1cncn1Cc1cc(Cl)cc(Cl)c1)N=C(CCCCC(C)C)C(=O)O. The lowest BCUT2D eigenvalue weighted by atomic mass is 10.0. The fraction of sp³-hybridized carbons (Fsp3) is 0.520. The zero-order valence-corrected chi connectivity index (χ0v) is 22.1.